The Balaban J connectivity index is 2.31. The van der Waals surface area contributed by atoms with Crippen molar-refractivity contribution < 1.29 is 19.4 Å². The Kier molecular flexibility index (Phi) is 5.31. The minimum Gasteiger partial charge on any atom is -0.464 e. The summed E-state index contributed by atoms with van der Waals surface area (Å²) in [5.41, 5.74) is -0.671. The third-order valence-corrected chi connectivity index (χ3v) is 4.53. The van der Waals surface area contributed by atoms with E-state index in [9.17, 15) is 14.7 Å². The van der Waals surface area contributed by atoms with Gasteiger partial charge in [-0.1, -0.05) is 49.6 Å². The number of Topliss-reactive ketones (excluding diaryl/α,β-unsaturated/α-hetero) is 2. The molecule has 0 fully saturated rings. The van der Waals surface area contributed by atoms with Crippen LogP contribution in [0.1, 0.15) is 34.1 Å². The maximum absolute atomic E-state index is 12.2. The number of aliphatic hydroxyl groups is 1. The predicted molar refractivity (Wildman–Crippen MR) is 93.1 cm³/mol. The normalized spacial score (nSPS) is 26.2. The van der Waals surface area contributed by atoms with E-state index in [0.717, 1.165) is 18.9 Å². The monoisotopic (exact) mass is 348 g/mol. The molecule has 0 amide bonds. The summed E-state index contributed by atoms with van der Waals surface area (Å²) in [7, 11) is 0. The van der Waals surface area contributed by atoms with Gasteiger partial charge >= 0.3 is 0 Å². The van der Waals surface area contributed by atoms with Crippen LogP contribution in [0.15, 0.2) is 58.1 Å². The first-order valence-corrected chi connectivity index (χ1v) is 8.23. The summed E-state index contributed by atoms with van der Waals surface area (Å²) in [6, 6.07) is 0. The second-order valence-corrected chi connectivity index (χ2v) is 6.66. The van der Waals surface area contributed by atoms with Gasteiger partial charge in [0.05, 0.1) is 10.6 Å². The van der Waals surface area contributed by atoms with Gasteiger partial charge in [0.15, 0.2) is 5.60 Å². The lowest BCUT2D eigenvalue weighted by Crippen LogP contribution is -2.48. The molecule has 0 aromatic carbocycles. The second-order valence-electron chi connectivity index (χ2n) is 6.28. The van der Waals surface area contributed by atoms with Gasteiger partial charge in [0, 0.05) is 5.57 Å². The van der Waals surface area contributed by atoms with E-state index in [0.29, 0.717) is 11.7 Å². The van der Waals surface area contributed by atoms with Crippen molar-refractivity contribution in [2.45, 2.75) is 39.7 Å². The summed E-state index contributed by atoms with van der Waals surface area (Å²) in [4.78, 5) is 24.3. The van der Waals surface area contributed by atoms with Crippen molar-refractivity contribution in [3.63, 3.8) is 0 Å². The van der Waals surface area contributed by atoms with E-state index in [4.69, 9.17) is 16.3 Å². The van der Waals surface area contributed by atoms with Crippen LogP contribution in [-0.2, 0) is 14.3 Å². The molecule has 1 aliphatic carbocycles. The van der Waals surface area contributed by atoms with Crippen LogP contribution in [0.4, 0.5) is 0 Å². The number of hydrogen-bond acceptors (Lipinski definition) is 4. The topological polar surface area (TPSA) is 63.6 Å². The Labute approximate surface area is 146 Å². The minimum atomic E-state index is -2.15. The highest BCUT2D eigenvalue weighted by Gasteiger charge is 2.48. The Morgan fingerprint density at radius 1 is 1.42 bits per heavy atom. The average molecular weight is 349 g/mol. The molecule has 1 aliphatic heterocycles. The highest BCUT2D eigenvalue weighted by Crippen LogP contribution is 2.36. The third kappa shape index (κ3) is 3.45. The van der Waals surface area contributed by atoms with Gasteiger partial charge in [-0.25, -0.2) is 0 Å². The number of ether oxygens (including phenoxy) is 1. The van der Waals surface area contributed by atoms with Crippen molar-refractivity contribution in [1.29, 1.82) is 0 Å². The Morgan fingerprint density at radius 3 is 2.71 bits per heavy atom. The van der Waals surface area contributed by atoms with Gasteiger partial charge in [-0.15, -0.1) is 0 Å². The molecule has 2 aliphatic rings. The minimum absolute atomic E-state index is 0.105. The summed E-state index contributed by atoms with van der Waals surface area (Å²) in [5, 5.41) is 9.85. The molecule has 2 rings (SSSR count). The molecule has 0 aromatic heterocycles. The van der Waals surface area contributed by atoms with E-state index in [1.54, 1.807) is 6.08 Å². The number of hydrogen-bond donors (Lipinski definition) is 1. The van der Waals surface area contributed by atoms with Crippen molar-refractivity contribution in [2.24, 2.45) is 5.92 Å². The molecule has 2 atom stereocenters. The van der Waals surface area contributed by atoms with Crippen LogP contribution in [-0.4, -0.2) is 22.3 Å². The van der Waals surface area contributed by atoms with Crippen molar-refractivity contribution >= 4 is 23.2 Å². The van der Waals surface area contributed by atoms with Gasteiger partial charge in [0.1, 0.15) is 12.0 Å². The molecule has 0 radical (unpaired) electrons. The maximum atomic E-state index is 12.2. The van der Waals surface area contributed by atoms with Crippen molar-refractivity contribution in [1.82, 2.24) is 0 Å². The van der Waals surface area contributed by atoms with E-state index in [1.165, 1.54) is 12.3 Å². The lowest BCUT2D eigenvalue weighted by Gasteiger charge is -2.29. The zero-order chi connectivity index (χ0) is 18.1. The molecular formula is C19H21ClO4. The smallest absolute Gasteiger partial charge is 0.214 e. The maximum Gasteiger partial charge on any atom is 0.214 e. The van der Waals surface area contributed by atoms with Crippen LogP contribution in [0.3, 0.4) is 0 Å². The number of halogens is 1. The molecule has 0 aromatic rings. The van der Waals surface area contributed by atoms with Gasteiger partial charge in [0.2, 0.25) is 11.6 Å². The average Bonchev–Trinajstić information content (AvgIpc) is 2.56. The van der Waals surface area contributed by atoms with E-state index in [2.05, 4.69) is 19.9 Å². The van der Waals surface area contributed by atoms with Gasteiger partial charge in [-0.05, 0) is 31.9 Å². The standard InChI is InChI=1S/C19H21ClO4/c1-5-11(2)8-12(3)6-7-13-9-14-15(10-24-13)17(21)19(4,23)18(22)16(14)20/h6-11,23H,5H2,1-4H3/b7-6+,12-8+/t11-,19+/m0/s1. The molecule has 0 saturated heterocycles. The van der Waals surface area contributed by atoms with Crippen LogP contribution in [0, 0.1) is 5.92 Å². The Hall–Kier alpha value is -1.91. The predicted octanol–water partition coefficient (Wildman–Crippen LogP) is 3.73. The fourth-order valence-electron chi connectivity index (χ4n) is 2.43. The molecule has 5 heteroatoms. The van der Waals surface area contributed by atoms with Gasteiger partial charge < -0.3 is 9.84 Å². The molecular weight excluding hydrogens is 328 g/mol. The lowest BCUT2D eigenvalue weighted by molar-refractivity contribution is -0.144. The van der Waals surface area contributed by atoms with Gasteiger partial charge in [-0.3, -0.25) is 9.59 Å². The highest BCUT2D eigenvalue weighted by atomic mass is 35.5. The quantitative estimate of drug-likeness (QED) is 0.621. The zero-order valence-corrected chi connectivity index (χ0v) is 15.0. The Morgan fingerprint density at radius 2 is 2.08 bits per heavy atom. The van der Waals surface area contributed by atoms with E-state index in [1.807, 2.05) is 13.0 Å². The number of rotatable bonds is 4. The fraction of sp³-hybridized carbons (Fsp3) is 0.368. The molecule has 0 bridgehead atoms. The Bertz CT molecular complexity index is 732. The molecule has 1 N–H and O–H groups in total. The molecule has 0 spiro atoms. The summed E-state index contributed by atoms with van der Waals surface area (Å²) < 4.78 is 5.43. The zero-order valence-electron chi connectivity index (χ0n) is 14.2. The van der Waals surface area contributed by atoms with Crippen molar-refractivity contribution in [3.8, 4) is 0 Å². The van der Waals surface area contributed by atoms with Crippen LogP contribution in [0.25, 0.3) is 0 Å². The highest BCUT2D eigenvalue weighted by molar-refractivity contribution is 6.49. The summed E-state index contributed by atoms with van der Waals surface area (Å²) in [5.74, 6) is -0.559. The number of carbonyl (C=O) groups is 2. The van der Waals surface area contributed by atoms with Crippen LogP contribution in [0.5, 0.6) is 0 Å². The fourth-order valence-corrected chi connectivity index (χ4v) is 2.77. The van der Waals surface area contributed by atoms with Crippen LogP contribution < -0.4 is 0 Å². The summed E-state index contributed by atoms with van der Waals surface area (Å²) in [6.45, 7) is 7.39. The van der Waals surface area contributed by atoms with Crippen molar-refractivity contribution in [3.05, 3.63) is 58.1 Å². The number of ketones is 2. The number of allylic oxidation sites excluding steroid dienone is 6. The van der Waals surface area contributed by atoms with Crippen molar-refractivity contribution in [2.75, 3.05) is 0 Å². The SMILES string of the molecule is CC[C@H](C)/C=C(C)/C=C/C1=CC2=C(Cl)C(=O)[C@](C)(O)C(=O)C2=CO1. The lowest BCUT2D eigenvalue weighted by atomic mass is 9.80. The molecule has 128 valence electrons. The third-order valence-electron chi connectivity index (χ3n) is 4.16. The first kappa shape index (κ1) is 18.4. The van der Waals surface area contributed by atoms with E-state index in [-0.39, 0.29) is 16.2 Å². The molecule has 4 nitrogen and oxygen atoms in total. The molecule has 0 unspecified atom stereocenters. The first-order valence-electron chi connectivity index (χ1n) is 7.85. The number of carbonyl (C=O) groups excluding carboxylic acids is 2. The second kappa shape index (κ2) is 6.91. The van der Waals surface area contributed by atoms with E-state index >= 15 is 0 Å². The summed E-state index contributed by atoms with van der Waals surface area (Å²) >= 11 is 6.05. The largest absolute Gasteiger partial charge is 0.464 e. The van der Waals surface area contributed by atoms with Crippen LogP contribution >= 0.6 is 11.6 Å². The first-order chi connectivity index (χ1) is 11.2. The summed E-state index contributed by atoms with van der Waals surface area (Å²) in [6.07, 6.45) is 9.62. The molecule has 1 heterocycles. The molecule has 0 saturated carbocycles. The number of fused-ring (bicyclic) bond motifs is 1. The van der Waals surface area contributed by atoms with Crippen LogP contribution in [0.2, 0.25) is 0 Å². The van der Waals surface area contributed by atoms with Gasteiger partial charge in [-0.2, -0.15) is 0 Å². The van der Waals surface area contributed by atoms with Gasteiger partial charge in [0.25, 0.3) is 0 Å². The molecule has 24 heavy (non-hydrogen) atoms. The van der Waals surface area contributed by atoms with E-state index < -0.39 is 17.2 Å².